The first-order chi connectivity index (χ1) is 7.69. The number of rotatable bonds is 4. The SMILES string of the molecule is O=C(O)C1(c2cccc(CCO)c2)CCC1. The fourth-order valence-electron chi connectivity index (χ4n) is 2.31. The van der Waals surface area contributed by atoms with E-state index in [2.05, 4.69) is 0 Å². The van der Waals surface area contributed by atoms with Crippen LogP contribution in [-0.2, 0) is 16.6 Å². The van der Waals surface area contributed by atoms with E-state index in [1.54, 1.807) is 0 Å². The topological polar surface area (TPSA) is 57.5 Å². The van der Waals surface area contributed by atoms with Crippen LogP contribution in [0.2, 0.25) is 0 Å². The van der Waals surface area contributed by atoms with E-state index >= 15 is 0 Å². The van der Waals surface area contributed by atoms with Gasteiger partial charge in [-0.3, -0.25) is 4.79 Å². The van der Waals surface area contributed by atoms with Gasteiger partial charge in [0.2, 0.25) is 0 Å². The van der Waals surface area contributed by atoms with Crippen LogP contribution in [0, 0.1) is 0 Å². The van der Waals surface area contributed by atoms with Crippen LogP contribution in [0.5, 0.6) is 0 Å². The van der Waals surface area contributed by atoms with E-state index in [1.807, 2.05) is 24.3 Å². The van der Waals surface area contributed by atoms with E-state index in [9.17, 15) is 9.90 Å². The Hall–Kier alpha value is -1.35. The molecule has 0 aromatic heterocycles. The maximum atomic E-state index is 11.3. The van der Waals surface area contributed by atoms with E-state index in [0.29, 0.717) is 6.42 Å². The van der Waals surface area contributed by atoms with E-state index in [0.717, 1.165) is 30.4 Å². The summed E-state index contributed by atoms with van der Waals surface area (Å²) in [7, 11) is 0. The third kappa shape index (κ3) is 1.71. The van der Waals surface area contributed by atoms with Crippen molar-refractivity contribution < 1.29 is 15.0 Å². The summed E-state index contributed by atoms with van der Waals surface area (Å²) >= 11 is 0. The monoisotopic (exact) mass is 220 g/mol. The normalized spacial score (nSPS) is 17.8. The van der Waals surface area contributed by atoms with Gasteiger partial charge >= 0.3 is 5.97 Å². The Morgan fingerprint density at radius 1 is 1.38 bits per heavy atom. The first-order valence-electron chi connectivity index (χ1n) is 5.63. The number of carbonyl (C=O) groups is 1. The molecule has 1 aliphatic rings. The van der Waals surface area contributed by atoms with Gasteiger partial charge in [0.25, 0.3) is 0 Å². The molecule has 0 spiro atoms. The van der Waals surface area contributed by atoms with Crippen molar-refractivity contribution in [3.63, 3.8) is 0 Å². The minimum atomic E-state index is -0.722. The van der Waals surface area contributed by atoms with Gasteiger partial charge in [-0.2, -0.15) is 0 Å². The van der Waals surface area contributed by atoms with Crippen molar-refractivity contribution in [3.05, 3.63) is 35.4 Å². The summed E-state index contributed by atoms with van der Waals surface area (Å²) in [6.45, 7) is 0.101. The fourth-order valence-corrected chi connectivity index (χ4v) is 2.31. The maximum absolute atomic E-state index is 11.3. The molecule has 1 saturated carbocycles. The molecule has 16 heavy (non-hydrogen) atoms. The van der Waals surface area contributed by atoms with Gasteiger partial charge in [0.05, 0.1) is 5.41 Å². The van der Waals surface area contributed by atoms with Crippen molar-refractivity contribution in [3.8, 4) is 0 Å². The van der Waals surface area contributed by atoms with Crippen molar-refractivity contribution in [2.45, 2.75) is 31.1 Å². The summed E-state index contributed by atoms with van der Waals surface area (Å²) in [4.78, 5) is 11.3. The molecular formula is C13H16O3. The van der Waals surface area contributed by atoms with Crippen molar-refractivity contribution >= 4 is 5.97 Å². The predicted molar refractivity (Wildman–Crippen MR) is 60.4 cm³/mol. The zero-order valence-corrected chi connectivity index (χ0v) is 9.15. The standard InChI is InChI=1S/C13H16O3/c14-8-5-10-3-1-4-11(9-10)13(12(15)16)6-2-7-13/h1,3-4,9,14H,2,5-8H2,(H,15,16). The summed E-state index contributed by atoms with van der Waals surface area (Å²) < 4.78 is 0. The van der Waals surface area contributed by atoms with Gasteiger partial charge in [-0.15, -0.1) is 0 Å². The third-order valence-corrected chi connectivity index (χ3v) is 3.50. The second-order valence-electron chi connectivity index (χ2n) is 4.41. The highest BCUT2D eigenvalue weighted by molar-refractivity contribution is 5.82. The van der Waals surface area contributed by atoms with Crippen LogP contribution in [0.4, 0.5) is 0 Å². The van der Waals surface area contributed by atoms with Crippen molar-refractivity contribution in [2.24, 2.45) is 0 Å². The number of hydrogen-bond donors (Lipinski definition) is 2. The summed E-state index contributed by atoms with van der Waals surface area (Å²) in [5, 5.41) is 18.2. The van der Waals surface area contributed by atoms with Gasteiger partial charge in [0, 0.05) is 6.61 Å². The summed E-state index contributed by atoms with van der Waals surface area (Å²) in [5.41, 5.74) is 1.23. The maximum Gasteiger partial charge on any atom is 0.314 e. The predicted octanol–water partition coefficient (Wildman–Crippen LogP) is 1.73. The molecule has 0 bridgehead atoms. The molecule has 0 heterocycles. The molecule has 0 radical (unpaired) electrons. The van der Waals surface area contributed by atoms with Crippen LogP contribution >= 0.6 is 0 Å². The van der Waals surface area contributed by atoms with E-state index < -0.39 is 11.4 Å². The van der Waals surface area contributed by atoms with Gasteiger partial charge in [-0.1, -0.05) is 30.7 Å². The second-order valence-corrected chi connectivity index (χ2v) is 4.41. The van der Waals surface area contributed by atoms with Gasteiger partial charge in [0.15, 0.2) is 0 Å². The van der Waals surface area contributed by atoms with Crippen LogP contribution in [0.25, 0.3) is 0 Å². The highest BCUT2D eigenvalue weighted by atomic mass is 16.4. The number of benzene rings is 1. The zero-order chi connectivity index (χ0) is 11.6. The average molecular weight is 220 g/mol. The Morgan fingerprint density at radius 2 is 2.12 bits per heavy atom. The lowest BCUT2D eigenvalue weighted by Crippen LogP contribution is -2.42. The molecule has 0 saturated heterocycles. The smallest absolute Gasteiger partial charge is 0.314 e. The second kappa shape index (κ2) is 4.26. The molecule has 0 unspecified atom stereocenters. The molecule has 3 heteroatoms. The fraction of sp³-hybridized carbons (Fsp3) is 0.462. The van der Waals surface area contributed by atoms with Crippen LogP contribution in [0.3, 0.4) is 0 Å². The Bertz CT molecular complexity index is 394. The number of carboxylic acids is 1. The number of aliphatic carboxylic acids is 1. The summed E-state index contributed by atoms with van der Waals surface area (Å²) in [6.07, 6.45) is 3.02. The van der Waals surface area contributed by atoms with Crippen molar-refractivity contribution in [2.75, 3.05) is 6.61 Å². The first kappa shape index (κ1) is 11.1. The van der Waals surface area contributed by atoms with Gasteiger partial charge in [-0.05, 0) is 30.4 Å². The zero-order valence-electron chi connectivity index (χ0n) is 9.15. The molecule has 1 aromatic carbocycles. The Labute approximate surface area is 94.7 Å². The lowest BCUT2D eigenvalue weighted by atomic mass is 9.64. The number of aliphatic hydroxyl groups excluding tert-OH is 1. The number of aliphatic hydroxyl groups is 1. The van der Waals surface area contributed by atoms with Gasteiger partial charge < -0.3 is 10.2 Å². The highest BCUT2D eigenvalue weighted by Gasteiger charge is 2.45. The molecule has 0 aliphatic heterocycles. The quantitative estimate of drug-likeness (QED) is 0.812. The Morgan fingerprint density at radius 3 is 2.62 bits per heavy atom. The first-order valence-corrected chi connectivity index (χ1v) is 5.63. The van der Waals surface area contributed by atoms with Crippen LogP contribution in [-0.4, -0.2) is 22.8 Å². The van der Waals surface area contributed by atoms with E-state index in [-0.39, 0.29) is 6.61 Å². The minimum Gasteiger partial charge on any atom is -0.481 e. The molecule has 2 rings (SSSR count). The largest absolute Gasteiger partial charge is 0.481 e. The van der Waals surface area contributed by atoms with Gasteiger partial charge in [0.1, 0.15) is 0 Å². The van der Waals surface area contributed by atoms with Crippen LogP contribution < -0.4 is 0 Å². The number of hydrogen-bond acceptors (Lipinski definition) is 2. The lowest BCUT2D eigenvalue weighted by Gasteiger charge is -2.38. The molecule has 86 valence electrons. The molecule has 0 amide bonds. The Balaban J connectivity index is 2.32. The summed E-state index contributed by atoms with van der Waals surface area (Å²) in [6, 6.07) is 7.61. The molecule has 3 nitrogen and oxygen atoms in total. The van der Waals surface area contributed by atoms with Gasteiger partial charge in [-0.25, -0.2) is 0 Å². The highest BCUT2D eigenvalue weighted by Crippen LogP contribution is 2.44. The Kier molecular flexibility index (Phi) is 2.97. The van der Waals surface area contributed by atoms with Crippen molar-refractivity contribution in [1.82, 2.24) is 0 Å². The average Bonchev–Trinajstić information content (AvgIpc) is 2.16. The third-order valence-electron chi connectivity index (χ3n) is 3.50. The minimum absolute atomic E-state index is 0.101. The summed E-state index contributed by atoms with van der Waals surface area (Å²) in [5.74, 6) is -0.722. The van der Waals surface area contributed by atoms with Crippen LogP contribution in [0.15, 0.2) is 24.3 Å². The molecular weight excluding hydrogens is 204 g/mol. The van der Waals surface area contributed by atoms with E-state index in [4.69, 9.17) is 5.11 Å². The molecule has 1 aliphatic carbocycles. The molecule has 0 atom stereocenters. The van der Waals surface area contributed by atoms with Crippen molar-refractivity contribution in [1.29, 1.82) is 0 Å². The van der Waals surface area contributed by atoms with E-state index in [1.165, 1.54) is 0 Å². The van der Waals surface area contributed by atoms with Crippen LogP contribution in [0.1, 0.15) is 30.4 Å². The molecule has 1 fully saturated rings. The molecule has 1 aromatic rings. The number of carboxylic acid groups (broad SMARTS) is 1. The molecule has 2 N–H and O–H groups in total. The lowest BCUT2D eigenvalue weighted by molar-refractivity contribution is -0.147.